The predicted molar refractivity (Wildman–Crippen MR) is 72.6 cm³/mol. The number of sulfone groups is 1. The number of benzene rings is 1. The molecule has 5 N–H and O–H groups in total. The highest BCUT2D eigenvalue weighted by atomic mass is 32.3. The van der Waals surface area contributed by atoms with Gasteiger partial charge in [-0.05, 0) is 18.2 Å². The first-order chi connectivity index (χ1) is 9.18. The van der Waals surface area contributed by atoms with E-state index in [9.17, 15) is 16.8 Å². The average molecular weight is 363 g/mol. The minimum Gasteiger partial charge on any atom is -0.398 e. The van der Waals surface area contributed by atoms with Crippen LogP contribution >= 0.6 is 0 Å². The van der Waals surface area contributed by atoms with Crippen LogP contribution in [0.25, 0.3) is 0 Å². The summed E-state index contributed by atoms with van der Waals surface area (Å²) in [6.45, 7) is 1.46. The molecule has 0 atom stereocenters. The minimum absolute atomic E-state index is 0.0695. The van der Waals surface area contributed by atoms with Crippen LogP contribution in [0.1, 0.15) is 6.92 Å². The number of nitrogens with two attached hydrogens (primary N) is 1. The van der Waals surface area contributed by atoms with Crippen LogP contribution in [0.3, 0.4) is 0 Å². The van der Waals surface area contributed by atoms with Crippen molar-refractivity contribution in [3.63, 3.8) is 0 Å². The van der Waals surface area contributed by atoms with Gasteiger partial charge < -0.3 is 5.73 Å². The molecule has 0 heterocycles. The molecule has 0 spiro atoms. The monoisotopic (exact) mass is 363 g/mol. The van der Waals surface area contributed by atoms with Crippen molar-refractivity contribution in [3.05, 3.63) is 18.2 Å². The Kier molecular flexibility index (Phi) is 6.28. The van der Waals surface area contributed by atoms with Gasteiger partial charge in [0.2, 0.25) is 0 Å². The Morgan fingerprint density at radius 2 is 1.43 bits per heavy atom. The molecule has 0 fully saturated rings. The van der Waals surface area contributed by atoms with Crippen molar-refractivity contribution in [3.8, 4) is 0 Å². The van der Waals surface area contributed by atoms with Gasteiger partial charge in [0.15, 0.2) is 9.84 Å². The van der Waals surface area contributed by atoms with E-state index in [1.807, 2.05) is 0 Å². The van der Waals surface area contributed by atoms with Crippen LogP contribution in [-0.2, 0) is 30.4 Å². The van der Waals surface area contributed by atoms with Crippen LogP contribution in [0.4, 0.5) is 5.69 Å². The number of hydrogen-bond donors (Lipinski definition) is 4. The smallest absolute Gasteiger partial charge is 0.394 e. The van der Waals surface area contributed by atoms with Gasteiger partial charge in [0.05, 0.1) is 16.3 Å². The molecule has 0 amide bonds. The molecule has 1 aromatic carbocycles. The van der Waals surface area contributed by atoms with Crippen LogP contribution < -0.4 is 5.73 Å². The van der Waals surface area contributed by atoms with Gasteiger partial charge >= 0.3 is 10.4 Å². The Balaban J connectivity index is 0.000000690. The molecule has 1 rings (SSSR count). The fourth-order valence-electron chi connectivity index (χ4n) is 1.12. The highest BCUT2D eigenvalue weighted by Crippen LogP contribution is 2.22. The molecule has 0 aliphatic heterocycles. The summed E-state index contributed by atoms with van der Waals surface area (Å²) < 4.78 is 84.9. The number of hydrogen-bond acceptors (Lipinski definition) is 7. The molecule has 0 aromatic heterocycles. The molecule has 0 radical (unpaired) electrons. The molecular weight excluding hydrogens is 350 g/mol. The molecule has 13 heteroatoms. The highest BCUT2D eigenvalue weighted by Gasteiger charge is 2.18. The maximum Gasteiger partial charge on any atom is 0.394 e. The molecule has 1 aromatic rings. The molecule has 0 saturated carbocycles. The summed E-state index contributed by atoms with van der Waals surface area (Å²) in [5.74, 6) is -0.113. The zero-order valence-corrected chi connectivity index (χ0v) is 13.0. The summed E-state index contributed by atoms with van der Waals surface area (Å²) in [5, 5.41) is 0. The second kappa shape index (κ2) is 6.67. The second-order valence-corrected chi connectivity index (χ2v) is 8.09. The molecular formula is C8H13NO9S3. The summed E-state index contributed by atoms with van der Waals surface area (Å²) >= 11 is 0. The van der Waals surface area contributed by atoms with E-state index in [0.717, 1.165) is 18.2 Å². The third-order valence-corrected chi connectivity index (χ3v) is 4.66. The maximum absolute atomic E-state index is 11.4. The fraction of sp³-hybridized carbons (Fsp3) is 0.250. The van der Waals surface area contributed by atoms with Gasteiger partial charge in [-0.1, -0.05) is 6.92 Å². The van der Waals surface area contributed by atoms with Gasteiger partial charge in [0.25, 0.3) is 10.1 Å². The lowest BCUT2D eigenvalue weighted by atomic mass is 10.3. The SMILES string of the molecule is CCS(=O)(=O)c1ccc(S(=O)(=O)O)c(N)c1.O=S(=O)(O)O. The van der Waals surface area contributed by atoms with Gasteiger partial charge in [-0.2, -0.15) is 16.8 Å². The molecule has 0 bridgehead atoms. The second-order valence-electron chi connectivity index (χ2n) is 3.53. The topological polar surface area (TPSA) is 189 Å². The van der Waals surface area contributed by atoms with Crippen molar-refractivity contribution in [2.24, 2.45) is 0 Å². The summed E-state index contributed by atoms with van der Waals surface area (Å²) in [4.78, 5) is -0.567. The fourth-order valence-corrected chi connectivity index (χ4v) is 2.63. The van der Waals surface area contributed by atoms with Gasteiger partial charge in [0.1, 0.15) is 4.90 Å². The van der Waals surface area contributed by atoms with Gasteiger partial charge in [0, 0.05) is 0 Å². The third-order valence-electron chi connectivity index (χ3n) is 2.00. The maximum atomic E-state index is 11.4. The first kappa shape index (κ1) is 19.8. The van der Waals surface area contributed by atoms with E-state index in [4.69, 9.17) is 27.8 Å². The van der Waals surface area contributed by atoms with Crippen LogP contribution in [0.2, 0.25) is 0 Å². The van der Waals surface area contributed by atoms with Gasteiger partial charge in [-0.25, -0.2) is 8.42 Å². The first-order valence-corrected chi connectivity index (χ1v) is 9.47. The van der Waals surface area contributed by atoms with Crippen LogP contribution in [0.5, 0.6) is 0 Å². The van der Waals surface area contributed by atoms with Crippen LogP contribution in [0.15, 0.2) is 28.0 Å². The number of rotatable bonds is 3. The Labute approximate surface area is 121 Å². The number of anilines is 1. The lowest BCUT2D eigenvalue weighted by Crippen LogP contribution is -2.07. The van der Waals surface area contributed by atoms with E-state index in [0.29, 0.717) is 0 Å². The van der Waals surface area contributed by atoms with Crippen molar-refractivity contribution in [1.82, 2.24) is 0 Å². The van der Waals surface area contributed by atoms with Crippen molar-refractivity contribution in [2.45, 2.75) is 16.7 Å². The Bertz CT molecular complexity index is 801. The zero-order valence-electron chi connectivity index (χ0n) is 10.5. The Morgan fingerprint density at radius 1 is 1.00 bits per heavy atom. The quantitative estimate of drug-likeness (QED) is 0.408. The van der Waals surface area contributed by atoms with E-state index in [1.165, 1.54) is 6.92 Å². The van der Waals surface area contributed by atoms with Crippen molar-refractivity contribution < 1.29 is 38.9 Å². The molecule has 21 heavy (non-hydrogen) atoms. The van der Waals surface area contributed by atoms with E-state index in [-0.39, 0.29) is 16.3 Å². The molecule has 0 unspecified atom stereocenters. The lowest BCUT2D eigenvalue weighted by Gasteiger charge is -2.05. The van der Waals surface area contributed by atoms with E-state index in [1.54, 1.807) is 0 Å². The number of nitrogen functional groups attached to an aromatic ring is 1. The van der Waals surface area contributed by atoms with Crippen molar-refractivity contribution in [2.75, 3.05) is 11.5 Å². The van der Waals surface area contributed by atoms with Crippen LogP contribution in [-0.4, -0.2) is 44.7 Å². The van der Waals surface area contributed by atoms with Crippen LogP contribution in [0, 0.1) is 0 Å². The summed E-state index contributed by atoms with van der Waals surface area (Å²) in [6, 6.07) is 3.08. The molecule has 0 saturated heterocycles. The zero-order chi connectivity index (χ0) is 17.1. The molecule has 10 nitrogen and oxygen atoms in total. The highest BCUT2D eigenvalue weighted by molar-refractivity contribution is 7.91. The Morgan fingerprint density at radius 3 is 1.71 bits per heavy atom. The summed E-state index contributed by atoms with van der Waals surface area (Å²) in [5.41, 5.74) is 5.06. The minimum atomic E-state index is -4.67. The van der Waals surface area contributed by atoms with E-state index < -0.39 is 35.2 Å². The van der Waals surface area contributed by atoms with E-state index >= 15 is 0 Å². The average Bonchev–Trinajstić information content (AvgIpc) is 2.24. The van der Waals surface area contributed by atoms with Crippen molar-refractivity contribution >= 4 is 36.0 Å². The summed E-state index contributed by atoms with van der Waals surface area (Å²) in [6.07, 6.45) is 0. The summed E-state index contributed by atoms with van der Waals surface area (Å²) in [7, 11) is -12.5. The standard InChI is InChI=1S/C8H11NO5S2.H2O4S/c1-2-15(10,11)6-3-4-8(7(9)5-6)16(12,13)14;1-5(2,3)4/h3-5H,2,9H2,1H3,(H,12,13,14);(H2,1,2,3,4). The van der Waals surface area contributed by atoms with Gasteiger partial charge in [-0.3, -0.25) is 13.7 Å². The van der Waals surface area contributed by atoms with Crippen molar-refractivity contribution in [1.29, 1.82) is 0 Å². The normalized spacial score (nSPS) is 12.4. The first-order valence-electron chi connectivity index (χ1n) is 4.98. The molecule has 0 aliphatic carbocycles. The van der Waals surface area contributed by atoms with Gasteiger partial charge in [-0.15, -0.1) is 0 Å². The molecule has 0 aliphatic rings. The third kappa shape index (κ3) is 7.35. The molecule has 122 valence electrons. The van der Waals surface area contributed by atoms with E-state index in [2.05, 4.69) is 0 Å². The lowest BCUT2D eigenvalue weighted by molar-refractivity contribution is 0.381. The Hall–Kier alpha value is -1.25. The largest absolute Gasteiger partial charge is 0.398 e. The predicted octanol–water partition coefficient (Wildman–Crippen LogP) is -0.344.